The van der Waals surface area contributed by atoms with Gasteiger partial charge in [-0.25, -0.2) is 0 Å². The van der Waals surface area contributed by atoms with Crippen molar-refractivity contribution < 1.29 is 5.11 Å². The van der Waals surface area contributed by atoms with Crippen LogP contribution in [0.1, 0.15) is 48.0 Å². The molecule has 0 aliphatic heterocycles. The van der Waals surface area contributed by atoms with E-state index in [4.69, 9.17) is 0 Å². The van der Waals surface area contributed by atoms with Crippen LogP contribution >= 0.6 is 15.9 Å². The van der Waals surface area contributed by atoms with Gasteiger partial charge in [0.2, 0.25) is 0 Å². The highest BCUT2D eigenvalue weighted by Gasteiger charge is 2.23. The molecular formula is C18H19BrO. The van der Waals surface area contributed by atoms with E-state index < -0.39 is 6.10 Å². The van der Waals surface area contributed by atoms with E-state index in [1.54, 1.807) is 0 Å². The number of fused-ring (bicyclic) bond motifs is 1. The fourth-order valence-electron chi connectivity index (χ4n) is 3.24. The highest BCUT2D eigenvalue weighted by Crippen LogP contribution is 2.38. The Kier molecular flexibility index (Phi) is 4.23. The van der Waals surface area contributed by atoms with Crippen LogP contribution in [0.15, 0.2) is 53.0 Å². The molecule has 20 heavy (non-hydrogen) atoms. The zero-order valence-electron chi connectivity index (χ0n) is 11.4. The lowest BCUT2D eigenvalue weighted by Gasteiger charge is -2.27. The predicted octanol–water partition coefficient (Wildman–Crippen LogP) is 4.99. The summed E-state index contributed by atoms with van der Waals surface area (Å²) in [4.78, 5) is 0. The Morgan fingerprint density at radius 2 is 1.85 bits per heavy atom. The van der Waals surface area contributed by atoms with Crippen LogP contribution in [0.2, 0.25) is 0 Å². The lowest BCUT2D eigenvalue weighted by molar-refractivity contribution is 0.153. The van der Waals surface area contributed by atoms with Crippen molar-refractivity contribution >= 4 is 15.9 Å². The quantitative estimate of drug-likeness (QED) is 0.840. The Labute approximate surface area is 128 Å². The van der Waals surface area contributed by atoms with Gasteiger partial charge < -0.3 is 5.11 Å². The van der Waals surface area contributed by atoms with Gasteiger partial charge in [-0.15, -0.1) is 0 Å². The molecular weight excluding hydrogens is 312 g/mol. The van der Waals surface area contributed by atoms with Crippen LogP contribution in [0.5, 0.6) is 0 Å². The van der Waals surface area contributed by atoms with Gasteiger partial charge in [0.05, 0.1) is 6.10 Å². The van der Waals surface area contributed by atoms with Gasteiger partial charge in [-0.05, 0) is 54.4 Å². The Hall–Kier alpha value is -1.12. The minimum Gasteiger partial charge on any atom is -0.388 e. The first-order valence-corrected chi connectivity index (χ1v) is 8.05. The molecule has 2 aromatic rings. The molecule has 1 nitrogen and oxygen atoms in total. The molecule has 2 atom stereocenters. The molecule has 1 aliphatic rings. The molecule has 1 N–H and O–H groups in total. The summed E-state index contributed by atoms with van der Waals surface area (Å²) in [6, 6.07) is 16.6. The summed E-state index contributed by atoms with van der Waals surface area (Å²) in [5.41, 5.74) is 3.89. The Bertz CT molecular complexity index is 593. The minimum atomic E-state index is -0.401. The van der Waals surface area contributed by atoms with Gasteiger partial charge in [-0.2, -0.15) is 0 Å². The van der Waals surface area contributed by atoms with Crippen molar-refractivity contribution in [2.45, 2.75) is 37.7 Å². The Morgan fingerprint density at radius 1 is 1.10 bits per heavy atom. The van der Waals surface area contributed by atoms with Crippen LogP contribution in [-0.4, -0.2) is 5.11 Å². The van der Waals surface area contributed by atoms with Gasteiger partial charge in [0, 0.05) is 4.47 Å². The molecule has 0 heterocycles. The maximum atomic E-state index is 10.5. The molecule has 2 aromatic carbocycles. The topological polar surface area (TPSA) is 20.2 Å². The van der Waals surface area contributed by atoms with E-state index in [1.165, 1.54) is 30.4 Å². The van der Waals surface area contributed by atoms with Crippen LogP contribution in [0.4, 0.5) is 0 Å². The van der Waals surface area contributed by atoms with E-state index in [9.17, 15) is 5.11 Å². The van der Waals surface area contributed by atoms with Gasteiger partial charge in [-0.3, -0.25) is 0 Å². The third-order valence-electron chi connectivity index (χ3n) is 4.27. The SMILES string of the molecule is OC(CC1CCCc2ccccc21)c1ccccc1Br. The average Bonchev–Trinajstić information content (AvgIpc) is 2.48. The van der Waals surface area contributed by atoms with E-state index in [2.05, 4.69) is 40.2 Å². The molecule has 2 unspecified atom stereocenters. The third kappa shape index (κ3) is 2.82. The molecule has 0 aromatic heterocycles. The van der Waals surface area contributed by atoms with Crippen molar-refractivity contribution in [1.82, 2.24) is 0 Å². The average molecular weight is 331 g/mol. The van der Waals surface area contributed by atoms with Crippen molar-refractivity contribution in [2.24, 2.45) is 0 Å². The van der Waals surface area contributed by atoms with E-state index >= 15 is 0 Å². The lowest BCUT2D eigenvalue weighted by Crippen LogP contribution is -2.13. The smallest absolute Gasteiger partial charge is 0.0806 e. The highest BCUT2D eigenvalue weighted by molar-refractivity contribution is 9.10. The summed E-state index contributed by atoms with van der Waals surface area (Å²) in [5.74, 6) is 0.474. The van der Waals surface area contributed by atoms with Crippen LogP contribution in [-0.2, 0) is 6.42 Å². The number of rotatable bonds is 3. The second-order valence-corrected chi connectivity index (χ2v) is 6.42. The second-order valence-electron chi connectivity index (χ2n) is 5.56. The number of halogens is 1. The van der Waals surface area contributed by atoms with Gasteiger partial charge in [0.15, 0.2) is 0 Å². The fourth-order valence-corrected chi connectivity index (χ4v) is 3.79. The van der Waals surface area contributed by atoms with Crippen molar-refractivity contribution in [3.05, 3.63) is 69.7 Å². The minimum absolute atomic E-state index is 0.401. The Morgan fingerprint density at radius 3 is 2.70 bits per heavy atom. The first kappa shape index (κ1) is 13.8. The molecule has 0 bridgehead atoms. The number of benzene rings is 2. The maximum absolute atomic E-state index is 10.5. The van der Waals surface area contributed by atoms with Gasteiger partial charge in [0.1, 0.15) is 0 Å². The molecule has 104 valence electrons. The number of aliphatic hydroxyl groups excluding tert-OH is 1. The number of aliphatic hydroxyl groups is 1. The number of hydrogen-bond acceptors (Lipinski definition) is 1. The first-order chi connectivity index (χ1) is 9.75. The van der Waals surface area contributed by atoms with Crippen molar-refractivity contribution in [2.75, 3.05) is 0 Å². The number of aryl methyl sites for hydroxylation is 1. The fraction of sp³-hybridized carbons (Fsp3) is 0.333. The molecule has 0 spiro atoms. The van der Waals surface area contributed by atoms with Crippen molar-refractivity contribution in [3.63, 3.8) is 0 Å². The standard InChI is InChI=1S/C18H19BrO/c19-17-11-4-3-10-16(17)18(20)12-14-8-5-7-13-6-1-2-9-15(13)14/h1-4,6,9-11,14,18,20H,5,7-8,12H2. The summed E-state index contributed by atoms with van der Waals surface area (Å²) in [6.45, 7) is 0. The summed E-state index contributed by atoms with van der Waals surface area (Å²) in [6.07, 6.45) is 3.99. The van der Waals surface area contributed by atoms with Gasteiger partial charge in [0.25, 0.3) is 0 Å². The molecule has 0 amide bonds. The van der Waals surface area contributed by atoms with Crippen LogP contribution in [0.25, 0.3) is 0 Å². The second kappa shape index (κ2) is 6.11. The monoisotopic (exact) mass is 330 g/mol. The summed E-state index contributed by atoms with van der Waals surface area (Å²) in [5, 5.41) is 10.5. The van der Waals surface area contributed by atoms with Crippen LogP contribution in [0, 0.1) is 0 Å². The van der Waals surface area contributed by atoms with Crippen LogP contribution < -0.4 is 0 Å². The summed E-state index contributed by atoms with van der Waals surface area (Å²) < 4.78 is 0.997. The third-order valence-corrected chi connectivity index (χ3v) is 4.99. The predicted molar refractivity (Wildman–Crippen MR) is 85.8 cm³/mol. The molecule has 2 heteroatoms. The van der Waals surface area contributed by atoms with E-state index in [-0.39, 0.29) is 0 Å². The van der Waals surface area contributed by atoms with E-state index in [1.807, 2.05) is 24.3 Å². The first-order valence-electron chi connectivity index (χ1n) is 7.26. The normalized spacial score (nSPS) is 19.4. The largest absolute Gasteiger partial charge is 0.388 e. The highest BCUT2D eigenvalue weighted by atomic mass is 79.9. The zero-order valence-corrected chi connectivity index (χ0v) is 13.0. The molecule has 0 radical (unpaired) electrons. The Balaban J connectivity index is 1.81. The van der Waals surface area contributed by atoms with Crippen molar-refractivity contribution in [3.8, 4) is 0 Å². The molecule has 3 rings (SSSR count). The zero-order chi connectivity index (χ0) is 13.9. The van der Waals surface area contributed by atoms with Crippen LogP contribution in [0.3, 0.4) is 0 Å². The van der Waals surface area contributed by atoms with E-state index in [0.717, 1.165) is 16.5 Å². The van der Waals surface area contributed by atoms with Gasteiger partial charge >= 0.3 is 0 Å². The maximum Gasteiger partial charge on any atom is 0.0806 e. The van der Waals surface area contributed by atoms with Crippen molar-refractivity contribution in [1.29, 1.82) is 0 Å². The summed E-state index contributed by atoms with van der Waals surface area (Å²) >= 11 is 3.53. The molecule has 0 saturated carbocycles. The van der Waals surface area contributed by atoms with Gasteiger partial charge in [-0.1, -0.05) is 58.4 Å². The molecule has 0 fully saturated rings. The van der Waals surface area contributed by atoms with E-state index in [0.29, 0.717) is 5.92 Å². The molecule has 0 saturated heterocycles. The summed E-state index contributed by atoms with van der Waals surface area (Å²) in [7, 11) is 0. The number of hydrogen-bond donors (Lipinski definition) is 1. The lowest BCUT2D eigenvalue weighted by atomic mass is 9.79. The molecule has 1 aliphatic carbocycles.